The number of rotatable bonds is 5. The van der Waals surface area contributed by atoms with E-state index in [-0.39, 0.29) is 16.6 Å². The Kier molecular flexibility index (Phi) is 5.94. The molecule has 4 rings (SSSR count). The molecule has 0 radical (unpaired) electrons. The summed E-state index contributed by atoms with van der Waals surface area (Å²) in [7, 11) is -3.69. The average molecular weight is 444 g/mol. The summed E-state index contributed by atoms with van der Waals surface area (Å²) in [5.74, 6) is 0.0526. The van der Waals surface area contributed by atoms with Gasteiger partial charge in [-0.15, -0.1) is 0 Å². The third-order valence-electron chi connectivity index (χ3n) is 5.70. The van der Waals surface area contributed by atoms with Crippen molar-refractivity contribution in [3.63, 3.8) is 0 Å². The lowest BCUT2D eigenvalue weighted by atomic mass is 9.93. The summed E-state index contributed by atoms with van der Waals surface area (Å²) in [6, 6.07) is 10.6. The second kappa shape index (κ2) is 8.51. The Bertz CT molecular complexity index is 1190. The zero-order valence-corrected chi connectivity index (χ0v) is 18.7. The number of halogens is 1. The second-order valence-electron chi connectivity index (χ2n) is 8.20. The van der Waals surface area contributed by atoms with Crippen LogP contribution in [0.5, 0.6) is 0 Å². The number of hydrogen-bond donors (Lipinski definition) is 0. The SMILES string of the molecule is Cc1cc(Cc2cccc(F)c2)cc([C@H]2CCCN(S(=O)(=O)c3c(C)noc3C)C2)n1. The molecule has 1 fully saturated rings. The first-order valence-corrected chi connectivity index (χ1v) is 11.8. The highest BCUT2D eigenvalue weighted by molar-refractivity contribution is 7.89. The summed E-state index contributed by atoms with van der Waals surface area (Å²) in [6.45, 7) is 6.02. The molecule has 1 aliphatic heterocycles. The number of pyridine rings is 1. The summed E-state index contributed by atoms with van der Waals surface area (Å²) in [5, 5.41) is 3.80. The highest BCUT2D eigenvalue weighted by atomic mass is 32.2. The van der Waals surface area contributed by atoms with Gasteiger partial charge in [0.05, 0.1) is 0 Å². The lowest BCUT2D eigenvalue weighted by Gasteiger charge is -2.31. The van der Waals surface area contributed by atoms with Crippen LogP contribution in [0, 0.1) is 26.6 Å². The van der Waals surface area contributed by atoms with Gasteiger partial charge in [0, 0.05) is 30.4 Å². The second-order valence-corrected chi connectivity index (χ2v) is 10.1. The van der Waals surface area contributed by atoms with E-state index in [2.05, 4.69) is 5.16 Å². The molecule has 0 aliphatic carbocycles. The van der Waals surface area contributed by atoms with Crippen molar-refractivity contribution in [2.24, 2.45) is 0 Å². The van der Waals surface area contributed by atoms with E-state index in [4.69, 9.17) is 9.51 Å². The van der Waals surface area contributed by atoms with Crippen LogP contribution < -0.4 is 0 Å². The number of benzene rings is 1. The molecule has 0 spiro atoms. The largest absolute Gasteiger partial charge is 0.360 e. The molecule has 1 aliphatic rings. The van der Waals surface area contributed by atoms with Gasteiger partial charge < -0.3 is 4.52 Å². The monoisotopic (exact) mass is 443 g/mol. The van der Waals surface area contributed by atoms with Crippen molar-refractivity contribution in [3.05, 3.63) is 76.2 Å². The molecule has 3 heterocycles. The van der Waals surface area contributed by atoms with Gasteiger partial charge in [-0.05, 0) is 75.4 Å². The van der Waals surface area contributed by atoms with Gasteiger partial charge in [0.25, 0.3) is 0 Å². The Balaban J connectivity index is 1.59. The fourth-order valence-electron chi connectivity index (χ4n) is 4.34. The molecule has 0 amide bonds. The van der Waals surface area contributed by atoms with Crippen molar-refractivity contribution in [1.29, 1.82) is 0 Å². The van der Waals surface area contributed by atoms with E-state index in [9.17, 15) is 12.8 Å². The maximum Gasteiger partial charge on any atom is 0.248 e. The smallest absolute Gasteiger partial charge is 0.248 e. The third-order valence-corrected chi connectivity index (χ3v) is 7.81. The zero-order chi connectivity index (χ0) is 22.2. The van der Waals surface area contributed by atoms with E-state index in [1.165, 1.54) is 16.4 Å². The quantitative estimate of drug-likeness (QED) is 0.588. The molecule has 1 aromatic carbocycles. The summed E-state index contributed by atoms with van der Waals surface area (Å²) < 4.78 is 46.7. The minimum absolute atomic E-state index is 0.00448. The molecule has 0 N–H and O–H groups in total. The molecule has 1 saturated heterocycles. The number of aryl methyl sites for hydroxylation is 3. The van der Waals surface area contributed by atoms with E-state index < -0.39 is 10.0 Å². The van der Waals surface area contributed by atoms with Gasteiger partial charge in [-0.1, -0.05) is 17.3 Å². The first-order chi connectivity index (χ1) is 14.7. The lowest BCUT2D eigenvalue weighted by Crippen LogP contribution is -2.39. The van der Waals surface area contributed by atoms with Gasteiger partial charge >= 0.3 is 0 Å². The van der Waals surface area contributed by atoms with Gasteiger partial charge in [-0.3, -0.25) is 4.98 Å². The molecule has 3 aromatic rings. The average Bonchev–Trinajstić information content (AvgIpc) is 3.06. The lowest BCUT2D eigenvalue weighted by molar-refractivity contribution is 0.311. The standard InChI is InChI=1S/C23H26FN3O3S/c1-15-10-19(11-18-6-4-8-21(24)12-18)13-22(25-15)20-7-5-9-27(14-20)31(28,29)23-16(2)26-30-17(23)3/h4,6,8,10,12-13,20H,5,7,9,11,14H2,1-3H3/t20-/m0/s1. The Labute approximate surface area is 182 Å². The summed E-state index contributed by atoms with van der Waals surface area (Å²) in [6.07, 6.45) is 2.22. The number of sulfonamides is 1. The van der Waals surface area contributed by atoms with Crippen LogP contribution in [0.3, 0.4) is 0 Å². The van der Waals surface area contributed by atoms with Crippen molar-refractivity contribution < 1.29 is 17.3 Å². The van der Waals surface area contributed by atoms with Crippen molar-refractivity contribution in [2.45, 2.75) is 50.8 Å². The normalized spacial score (nSPS) is 17.7. The highest BCUT2D eigenvalue weighted by Gasteiger charge is 2.35. The van der Waals surface area contributed by atoms with Crippen LogP contribution >= 0.6 is 0 Å². The van der Waals surface area contributed by atoms with Crippen LogP contribution in [0.25, 0.3) is 0 Å². The first-order valence-electron chi connectivity index (χ1n) is 10.4. The minimum atomic E-state index is -3.69. The van der Waals surface area contributed by atoms with E-state index in [0.717, 1.165) is 35.4 Å². The molecule has 0 bridgehead atoms. The van der Waals surface area contributed by atoms with Crippen molar-refractivity contribution in [3.8, 4) is 0 Å². The fraction of sp³-hybridized carbons (Fsp3) is 0.391. The summed E-state index contributed by atoms with van der Waals surface area (Å²) >= 11 is 0. The van der Waals surface area contributed by atoms with Crippen LogP contribution in [0.2, 0.25) is 0 Å². The predicted molar refractivity (Wildman–Crippen MR) is 115 cm³/mol. The highest BCUT2D eigenvalue weighted by Crippen LogP contribution is 2.32. The van der Waals surface area contributed by atoms with Crippen LogP contribution in [-0.4, -0.2) is 36.0 Å². The van der Waals surface area contributed by atoms with Crippen molar-refractivity contribution in [2.75, 3.05) is 13.1 Å². The zero-order valence-electron chi connectivity index (χ0n) is 17.9. The van der Waals surface area contributed by atoms with Gasteiger partial charge in [0.1, 0.15) is 16.4 Å². The summed E-state index contributed by atoms with van der Waals surface area (Å²) in [5.41, 5.74) is 4.06. The molecule has 31 heavy (non-hydrogen) atoms. The predicted octanol–water partition coefficient (Wildman–Crippen LogP) is 4.29. The maximum absolute atomic E-state index is 13.6. The van der Waals surface area contributed by atoms with Gasteiger partial charge in [-0.25, -0.2) is 12.8 Å². The molecule has 0 saturated carbocycles. The maximum atomic E-state index is 13.6. The molecule has 8 heteroatoms. The Morgan fingerprint density at radius 3 is 2.68 bits per heavy atom. The number of piperidine rings is 1. The molecular weight excluding hydrogens is 417 g/mol. The van der Waals surface area contributed by atoms with Gasteiger partial charge in [0.2, 0.25) is 10.0 Å². The Hall–Kier alpha value is -2.58. The molecular formula is C23H26FN3O3S. The Morgan fingerprint density at radius 1 is 1.16 bits per heavy atom. The van der Waals surface area contributed by atoms with Crippen molar-refractivity contribution >= 4 is 10.0 Å². The van der Waals surface area contributed by atoms with E-state index >= 15 is 0 Å². The van der Waals surface area contributed by atoms with Crippen LogP contribution in [-0.2, 0) is 16.4 Å². The fourth-order valence-corrected chi connectivity index (χ4v) is 6.15. The number of hydrogen-bond acceptors (Lipinski definition) is 5. The molecule has 2 aromatic heterocycles. The molecule has 6 nitrogen and oxygen atoms in total. The molecule has 164 valence electrons. The third kappa shape index (κ3) is 4.55. The van der Waals surface area contributed by atoms with Crippen LogP contribution in [0.4, 0.5) is 4.39 Å². The van der Waals surface area contributed by atoms with E-state index in [1.807, 2.05) is 25.1 Å². The van der Waals surface area contributed by atoms with E-state index in [1.54, 1.807) is 19.9 Å². The number of aromatic nitrogens is 2. The van der Waals surface area contributed by atoms with Gasteiger partial charge in [0.15, 0.2) is 5.76 Å². The van der Waals surface area contributed by atoms with Gasteiger partial charge in [-0.2, -0.15) is 4.31 Å². The van der Waals surface area contributed by atoms with Crippen LogP contribution in [0.1, 0.15) is 52.7 Å². The summed E-state index contributed by atoms with van der Waals surface area (Å²) in [4.78, 5) is 4.87. The van der Waals surface area contributed by atoms with Crippen LogP contribution in [0.15, 0.2) is 45.8 Å². The molecule has 1 atom stereocenters. The number of nitrogens with zero attached hydrogens (tertiary/aromatic N) is 3. The minimum Gasteiger partial charge on any atom is -0.360 e. The molecule has 0 unspecified atom stereocenters. The van der Waals surface area contributed by atoms with E-state index in [0.29, 0.717) is 31.0 Å². The Morgan fingerprint density at radius 2 is 1.97 bits per heavy atom. The van der Waals surface area contributed by atoms with Crippen molar-refractivity contribution in [1.82, 2.24) is 14.4 Å². The topological polar surface area (TPSA) is 76.3 Å². The first kappa shape index (κ1) is 21.6.